The predicted octanol–water partition coefficient (Wildman–Crippen LogP) is 1.12. The van der Waals surface area contributed by atoms with E-state index in [9.17, 15) is 9.59 Å². The third-order valence-electron chi connectivity index (χ3n) is 4.02. The molecule has 0 saturated carbocycles. The van der Waals surface area contributed by atoms with Crippen LogP contribution in [0.4, 0.5) is 0 Å². The van der Waals surface area contributed by atoms with Gasteiger partial charge in [0.15, 0.2) is 0 Å². The van der Waals surface area contributed by atoms with Crippen molar-refractivity contribution in [2.24, 2.45) is 5.92 Å². The molecular formula is C17H20N4O2. The van der Waals surface area contributed by atoms with Gasteiger partial charge in [-0.15, -0.1) is 0 Å². The topological polar surface area (TPSA) is 78.1 Å². The summed E-state index contributed by atoms with van der Waals surface area (Å²) in [6, 6.07) is 9.84. The van der Waals surface area contributed by atoms with Crippen LogP contribution in [0.25, 0.3) is 0 Å². The highest BCUT2D eigenvalue weighted by molar-refractivity contribution is 5.89. The van der Waals surface area contributed by atoms with E-state index in [0.29, 0.717) is 32.5 Å². The number of nitrogens with one attached hydrogen (secondary N) is 2. The Morgan fingerprint density at radius 3 is 2.91 bits per heavy atom. The second kappa shape index (κ2) is 7.09. The van der Waals surface area contributed by atoms with Crippen molar-refractivity contribution in [1.29, 1.82) is 0 Å². The number of rotatable bonds is 6. The van der Waals surface area contributed by atoms with Crippen LogP contribution in [0.2, 0.25) is 0 Å². The van der Waals surface area contributed by atoms with Gasteiger partial charge in [0.1, 0.15) is 5.82 Å². The molecule has 2 amide bonds. The first-order valence-corrected chi connectivity index (χ1v) is 7.80. The molecule has 23 heavy (non-hydrogen) atoms. The number of benzene rings is 1. The van der Waals surface area contributed by atoms with Gasteiger partial charge in [-0.05, 0) is 5.56 Å². The number of H-pyrrole nitrogens is 1. The number of hydrogen-bond acceptors (Lipinski definition) is 3. The summed E-state index contributed by atoms with van der Waals surface area (Å²) in [6.07, 6.45) is 4.40. The van der Waals surface area contributed by atoms with Crippen LogP contribution >= 0.6 is 0 Å². The van der Waals surface area contributed by atoms with Crippen molar-refractivity contribution in [2.45, 2.75) is 19.4 Å². The summed E-state index contributed by atoms with van der Waals surface area (Å²) in [6.45, 7) is 1.58. The SMILES string of the molecule is O=C(NCCc1ncc[nH]1)[C@@H]1CC(=O)N(Cc2ccccc2)C1. The molecule has 2 N–H and O–H groups in total. The summed E-state index contributed by atoms with van der Waals surface area (Å²) in [5.74, 6) is 0.571. The molecule has 6 nitrogen and oxygen atoms in total. The van der Waals surface area contributed by atoms with E-state index in [0.717, 1.165) is 11.4 Å². The molecule has 0 unspecified atom stereocenters. The molecule has 1 saturated heterocycles. The number of imidazole rings is 1. The number of amides is 2. The second-order valence-corrected chi connectivity index (χ2v) is 5.74. The highest BCUT2D eigenvalue weighted by Crippen LogP contribution is 2.20. The van der Waals surface area contributed by atoms with Crippen LogP contribution in [-0.4, -0.2) is 39.8 Å². The van der Waals surface area contributed by atoms with Crippen LogP contribution in [0.1, 0.15) is 17.8 Å². The van der Waals surface area contributed by atoms with Gasteiger partial charge in [0.2, 0.25) is 11.8 Å². The van der Waals surface area contributed by atoms with E-state index in [1.54, 1.807) is 17.3 Å². The number of aromatic nitrogens is 2. The van der Waals surface area contributed by atoms with Crippen molar-refractivity contribution < 1.29 is 9.59 Å². The highest BCUT2D eigenvalue weighted by atomic mass is 16.2. The Morgan fingerprint density at radius 1 is 1.35 bits per heavy atom. The quantitative estimate of drug-likeness (QED) is 0.839. The minimum absolute atomic E-state index is 0.0417. The number of carbonyl (C=O) groups excluding carboxylic acids is 2. The van der Waals surface area contributed by atoms with E-state index >= 15 is 0 Å². The number of nitrogens with zero attached hydrogens (tertiary/aromatic N) is 2. The van der Waals surface area contributed by atoms with Crippen molar-refractivity contribution in [3.05, 3.63) is 54.1 Å². The van der Waals surface area contributed by atoms with E-state index in [1.165, 1.54) is 0 Å². The summed E-state index contributed by atoms with van der Waals surface area (Å²) < 4.78 is 0. The van der Waals surface area contributed by atoms with Crippen LogP contribution in [0.5, 0.6) is 0 Å². The van der Waals surface area contributed by atoms with Crippen LogP contribution in [-0.2, 0) is 22.6 Å². The molecule has 1 fully saturated rings. The molecule has 1 atom stereocenters. The van der Waals surface area contributed by atoms with Crippen molar-refractivity contribution in [1.82, 2.24) is 20.2 Å². The zero-order valence-electron chi connectivity index (χ0n) is 12.9. The molecule has 0 bridgehead atoms. The molecule has 3 rings (SSSR count). The summed E-state index contributed by atoms with van der Waals surface area (Å²) in [5.41, 5.74) is 1.08. The largest absolute Gasteiger partial charge is 0.355 e. The first-order chi connectivity index (χ1) is 11.2. The lowest BCUT2D eigenvalue weighted by Gasteiger charge is -2.16. The Labute approximate surface area is 134 Å². The fraction of sp³-hybridized carbons (Fsp3) is 0.353. The first kappa shape index (κ1) is 15.3. The van der Waals surface area contributed by atoms with Gasteiger partial charge in [-0.1, -0.05) is 30.3 Å². The monoisotopic (exact) mass is 312 g/mol. The Morgan fingerprint density at radius 2 is 2.17 bits per heavy atom. The number of hydrogen-bond donors (Lipinski definition) is 2. The van der Waals surface area contributed by atoms with E-state index in [2.05, 4.69) is 15.3 Å². The number of likely N-dealkylation sites (tertiary alicyclic amines) is 1. The zero-order valence-corrected chi connectivity index (χ0v) is 12.9. The lowest BCUT2D eigenvalue weighted by Crippen LogP contribution is -2.34. The third kappa shape index (κ3) is 3.97. The molecule has 120 valence electrons. The molecule has 2 heterocycles. The Bertz CT molecular complexity index is 654. The van der Waals surface area contributed by atoms with E-state index in [1.807, 2.05) is 30.3 Å². The Kier molecular flexibility index (Phi) is 4.71. The summed E-state index contributed by atoms with van der Waals surface area (Å²) in [5, 5.41) is 2.89. The van der Waals surface area contributed by atoms with Crippen molar-refractivity contribution in [2.75, 3.05) is 13.1 Å². The molecule has 0 spiro atoms. The lowest BCUT2D eigenvalue weighted by atomic mass is 10.1. The molecule has 1 aliphatic rings. The highest BCUT2D eigenvalue weighted by Gasteiger charge is 2.33. The number of aromatic amines is 1. The smallest absolute Gasteiger partial charge is 0.225 e. The molecule has 1 aromatic carbocycles. The molecule has 0 aliphatic carbocycles. The van der Waals surface area contributed by atoms with Gasteiger partial charge < -0.3 is 15.2 Å². The fourth-order valence-electron chi connectivity index (χ4n) is 2.79. The Balaban J connectivity index is 1.47. The van der Waals surface area contributed by atoms with Crippen molar-refractivity contribution in [3.63, 3.8) is 0 Å². The van der Waals surface area contributed by atoms with Crippen LogP contribution in [0.3, 0.4) is 0 Å². The van der Waals surface area contributed by atoms with Gasteiger partial charge in [0.25, 0.3) is 0 Å². The van der Waals surface area contributed by atoms with Gasteiger partial charge in [-0.25, -0.2) is 4.98 Å². The third-order valence-corrected chi connectivity index (χ3v) is 4.02. The summed E-state index contributed by atoms with van der Waals surface area (Å²) >= 11 is 0. The van der Waals surface area contributed by atoms with Crippen LogP contribution < -0.4 is 5.32 Å². The van der Waals surface area contributed by atoms with Gasteiger partial charge in [-0.3, -0.25) is 9.59 Å². The second-order valence-electron chi connectivity index (χ2n) is 5.74. The maximum atomic E-state index is 12.2. The average molecular weight is 312 g/mol. The summed E-state index contributed by atoms with van der Waals surface area (Å²) in [7, 11) is 0. The van der Waals surface area contributed by atoms with Crippen LogP contribution in [0, 0.1) is 5.92 Å². The minimum atomic E-state index is -0.261. The molecular weight excluding hydrogens is 292 g/mol. The van der Waals surface area contributed by atoms with E-state index < -0.39 is 0 Å². The number of carbonyl (C=O) groups is 2. The molecule has 6 heteroatoms. The standard InChI is InChI=1S/C17H20N4O2/c22-16-10-14(12-21(16)11-13-4-2-1-3-5-13)17(23)20-7-6-15-18-8-9-19-15/h1-5,8-9,14H,6-7,10-12H2,(H,18,19)(H,20,23)/t14-/m1/s1. The minimum Gasteiger partial charge on any atom is -0.355 e. The van der Waals surface area contributed by atoms with Crippen molar-refractivity contribution in [3.8, 4) is 0 Å². The maximum absolute atomic E-state index is 12.2. The predicted molar refractivity (Wildman–Crippen MR) is 85.3 cm³/mol. The fourth-order valence-corrected chi connectivity index (χ4v) is 2.79. The van der Waals surface area contributed by atoms with Gasteiger partial charge in [-0.2, -0.15) is 0 Å². The normalized spacial score (nSPS) is 17.5. The van der Waals surface area contributed by atoms with E-state index in [4.69, 9.17) is 0 Å². The van der Waals surface area contributed by atoms with Gasteiger partial charge in [0.05, 0.1) is 5.92 Å². The zero-order chi connectivity index (χ0) is 16.1. The molecule has 1 aliphatic heterocycles. The molecule has 1 aromatic heterocycles. The van der Waals surface area contributed by atoms with Crippen LogP contribution in [0.15, 0.2) is 42.7 Å². The van der Waals surface area contributed by atoms with E-state index in [-0.39, 0.29) is 17.7 Å². The van der Waals surface area contributed by atoms with Gasteiger partial charge in [0, 0.05) is 44.9 Å². The van der Waals surface area contributed by atoms with Crippen molar-refractivity contribution >= 4 is 11.8 Å². The molecule has 2 aromatic rings. The first-order valence-electron chi connectivity index (χ1n) is 7.80. The lowest BCUT2D eigenvalue weighted by molar-refractivity contribution is -0.129. The molecule has 0 radical (unpaired) electrons. The maximum Gasteiger partial charge on any atom is 0.225 e. The average Bonchev–Trinajstić information content (AvgIpc) is 3.19. The van der Waals surface area contributed by atoms with Gasteiger partial charge >= 0.3 is 0 Å². The summed E-state index contributed by atoms with van der Waals surface area (Å²) in [4.78, 5) is 33.1. The Hall–Kier alpha value is -2.63.